The summed E-state index contributed by atoms with van der Waals surface area (Å²) in [6.07, 6.45) is 1.24. The van der Waals surface area contributed by atoms with Gasteiger partial charge in [-0.15, -0.1) is 0 Å². The van der Waals surface area contributed by atoms with Gasteiger partial charge < -0.3 is 14.6 Å². The number of ether oxygens (including phenoxy) is 2. The number of benzene rings is 1. The summed E-state index contributed by atoms with van der Waals surface area (Å²) in [7, 11) is 2.96. The topological polar surface area (TPSA) is 79.5 Å². The lowest BCUT2D eigenvalue weighted by molar-refractivity contribution is -0.132. The van der Waals surface area contributed by atoms with E-state index in [4.69, 9.17) is 19.8 Å². The Labute approximate surface area is 112 Å². The number of hydrogen-bond donors (Lipinski definition) is 1. The van der Waals surface area contributed by atoms with Crippen LogP contribution in [0.5, 0.6) is 11.5 Å². The van der Waals surface area contributed by atoms with E-state index in [1.807, 2.05) is 0 Å². The lowest BCUT2D eigenvalue weighted by atomic mass is 10.1. The van der Waals surface area contributed by atoms with Crippen LogP contribution in [0.2, 0.25) is 0 Å². The number of rotatable bonds is 4. The van der Waals surface area contributed by atoms with E-state index >= 15 is 0 Å². The maximum absolute atomic E-state index is 10.8. The second kappa shape index (κ2) is 6.07. The Morgan fingerprint density at radius 3 is 2.44 bits per heavy atom. The zero-order valence-corrected chi connectivity index (χ0v) is 11.3. The number of aliphatic carboxylic acids is 1. The molecule has 0 saturated heterocycles. The van der Waals surface area contributed by atoms with Gasteiger partial charge in [-0.2, -0.15) is 5.26 Å². The zero-order chi connectivity index (χ0) is 13.7. The standard InChI is InChI=1S/C12H10BrNO4/c1-17-10-5-11(18-2)9(13)4-7(10)3-8(6-14)12(15)16/h3-5H,1-2H3,(H,15,16)/b8-3+. The molecule has 0 unspecified atom stereocenters. The van der Waals surface area contributed by atoms with Gasteiger partial charge in [0.05, 0.1) is 18.7 Å². The van der Waals surface area contributed by atoms with Gasteiger partial charge in [-0.3, -0.25) is 0 Å². The van der Waals surface area contributed by atoms with Crippen LogP contribution in [0.25, 0.3) is 6.08 Å². The Kier molecular flexibility index (Phi) is 4.75. The molecule has 5 nitrogen and oxygen atoms in total. The van der Waals surface area contributed by atoms with Gasteiger partial charge in [-0.1, -0.05) is 0 Å². The number of carboxylic acid groups (broad SMARTS) is 1. The summed E-state index contributed by atoms with van der Waals surface area (Å²) in [5.74, 6) is -0.312. The second-order valence-corrected chi connectivity index (χ2v) is 4.06. The third-order valence-corrected chi connectivity index (χ3v) is 2.77. The highest BCUT2D eigenvalue weighted by Crippen LogP contribution is 2.33. The van der Waals surface area contributed by atoms with E-state index in [2.05, 4.69) is 15.9 Å². The SMILES string of the molecule is COc1cc(OC)c(/C=C(\C#N)C(=O)O)cc1Br. The summed E-state index contributed by atoms with van der Waals surface area (Å²) < 4.78 is 10.9. The summed E-state index contributed by atoms with van der Waals surface area (Å²) in [5.41, 5.74) is 0.106. The summed E-state index contributed by atoms with van der Waals surface area (Å²) >= 11 is 3.28. The molecule has 6 heteroatoms. The third-order valence-electron chi connectivity index (χ3n) is 2.15. The Balaban J connectivity index is 3.37. The van der Waals surface area contributed by atoms with Crippen molar-refractivity contribution in [2.45, 2.75) is 0 Å². The molecule has 1 rings (SSSR count). The number of carboxylic acids is 1. The predicted molar refractivity (Wildman–Crippen MR) is 68.5 cm³/mol. The minimum Gasteiger partial charge on any atom is -0.496 e. The van der Waals surface area contributed by atoms with Crippen molar-refractivity contribution in [3.8, 4) is 17.6 Å². The van der Waals surface area contributed by atoms with Crippen LogP contribution in [-0.4, -0.2) is 25.3 Å². The van der Waals surface area contributed by atoms with E-state index in [-0.39, 0.29) is 5.57 Å². The van der Waals surface area contributed by atoms with Crippen LogP contribution in [-0.2, 0) is 4.79 Å². The largest absolute Gasteiger partial charge is 0.496 e. The molecule has 1 N–H and O–H groups in total. The van der Waals surface area contributed by atoms with Crippen LogP contribution in [0, 0.1) is 11.3 Å². The first-order chi connectivity index (χ1) is 8.53. The molecule has 0 bridgehead atoms. The molecule has 1 aromatic carbocycles. The molecular weight excluding hydrogens is 302 g/mol. The monoisotopic (exact) mass is 311 g/mol. The maximum atomic E-state index is 10.8. The van der Waals surface area contributed by atoms with Gasteiger partial charge in [0, 0.05) is 11.6 Å². The number of nitrogens with zero attached hydrogens (tertiary/aromatic N) is 1. The molecule has 0 atom stereocenters. The van der Waals surface area contributed by atoms with Crippen molar-refractivity contribution < 1.29 is 19.4 Å². The van der Waals surface area contributed by atoms with Crippen molar-refractivity contribution in [1.82, 2.24) is 0 Å². The molecule has 0 aliphatic heterocycles. The molecule has 0 fully saturated rings. The van der Waals surface area contributed by atoms with Gasteiger partial charge in [-0.25, -0.2) is 4.79 Å². The predicted octanol–water partition coefficient (Wildman–Crippen LogP) is 2.46. The van der Waals surface area contributed by atoms with Gasteiger partial charge in [0.2, 0.25) is 0 Å². The quantitative estimate of drug-likeness (QED) is 0.682. The molecule has 0 spiro atoms. The van der Waals surface area contributed by atoms with Crippen molar-refractivity contribution >= 4 is 28.0 Å². The Bertz CT molecular complexity index is 546. The first-order valence-electron chi connectivity index (χ1n) is 4.80. The highest BCUT2D eigenvalue weighted by molar-refractivity contribution is 9.10. The van der Waals surface area contributed by atoms with Gasteiger partial charge in [0.1, 0.15) is 23.1 Å². The van der Waals surface area contributed by atoms with Crippen LogP contribution in [0.3, 0.4) is 0 Å². The van der Waals surface area contributed by atoms with Crippen LogP contribution >= 0.6 is 15.9 Å². The summed E-state index contributed by atoms with van der Waals surface area (Å²) in [6, 6.07) is 4.84. The molecule has 0 saturated carbocycles. The van der Waals surface area contributed by atoms with Crippen molar-refractivity contribution in [1.29, 1.82) is 5.26 Å². The molecule has 0 aliphatic carbocycles. The molecule has 94 valence electrons. The second-order valence-electron chi connectivity index (χ2n) is 3.20. The van der Waals surface area contributed by atoms with Gasteiger partial charge >= 0.3 is 5.97 Å². The fourth-order valence-corrected chi connectivity index (χ4v) is 1.82. The minimum absolute atomic E-state index is 0.370. The molecule has 0 aromatic heterocycles. The lowest BCUT2D eigenvalue weighted by Gasteiger charge is -2.09. The Morgan fingerprint density at radius 1 is 1.39 bits per heavy atom. The lowest BCUT2D eigenvalue weighted by Crippen LogP contribution is -1.98. The van der Waals surface area contributed by atoms with E-state index in [9.17, 15) is 4.79 Å². The summed E-state index contributed by atoms with van der Waals surface area (Å²) in [4.78, 5) is 10.8. The summed E-state index contributed by atoms with van der Waals surface area (Å²) in [6.45, 7) is 0. The maximum Gasteiger partial charge on any atom is 0.346 e. The van der Waals surface area contributed by atoms with Crippen LogP contribution in [0.15, 0.2) is 22.2 Å². The van der Waals surface area contributed by atoms with Crippen molar-refractivity contribution in [2.75, 3.05) is 14.2 Å². The average molecular weight is 312 g/mol. The van der Waals surface area contributed by atoms with Crippen LogP contribution in [0.1, 0.15) is 5.56 Å². The molecule has 0 aliphatic rings. The first-order valence-corrected chi connectivity index (χ1v) is 5.59. The first kappa shape index (κ1) is 14.1. The number of methoxy groups -OCH3 is 2. The smallest absolute Gasteiger partial charge is 0.346 e. The Morgan fingerprint density at radius 2 is 2.00 bits per heavy atom. The minimum atomic E-state index is -1.29. The highest BCUT2D eigenvalue weighted by atomic mass is 79.9. The molecule has 1 aromatic rings. The fraction of sp³-hybridized carbons (Fsp3) is 0.167. The molecule has 0 radical (unpaired) electrons. The molecule has 0 heterocycles. The number of halogens is 1. The number of hydrogen-bond acceptors (Lipinski definition) is 4. The summed E-state index contributed by atoms with van der Waals surface area (Å²) in [5, 5.41) is 17.5. The number of carbonyl (C=O) groups is 1. The normalized spacial score (nSPS) is 10.7. The van der Waals surface area contributed by atoms with Crippen LogP contribution < -0.4 is 9.47 Å². The van der Waals surface area contributed by atoms with Gasteiger partial charge in [0.25, 0.3) is 0 Å². The molecule has 18 heavy (non-hydrogen) atoms. The zero-order valence-electron chi connectivity index (χ0n) is 9.73. The number of nitriles is 1. The van der Waals surface area contributed by atoms with Crippen molar-refractivity contribution in [3.05, 3.63) is 27.7 Å². The third kappa shape index (κ3) is 3.02. The average Bonchev–Trinajstić information content (AvgIpc) is 2.35. The van der Waals surface area contributed by atoms with Crippen molar-refractivity contribution in [3.63, 3.8) is 0 Å². The van der Waals surface area contributed by atoms with Gasteiger partial charge in [-0.05, 0) is 28.1 Å². The molecule has 0 amide bonds. The van der Waals surface area contributed by atoms with E-state index in [1.165, 1.54) is 20.3 Å². The fourth-order valence-electron chi connectivity index (χ4n) is 1.29. The van der Waals surface area contributed by atoms with E-state index < -0.39 is 5.97 Å². The van der Waals surface area contributed by atoms with Crippen LogP contribution in [0.4, 0.5) is 0 Å². The highest BCUT2D eigenvalue weighted by Gasteiger charge is 2.11. The van der Waals surface area contributed by atoms with E-state index in [1.54, 1.807) is 18.2 Å². The van der Waals surface area contributed by atoms with E-state index in [0.717, 1.165) is 0 Å². The van der Waals surface area contributed by atoms with Gasteiger partial charge in [0.15, 0.2) is 0 Å². The van der Waals surface area contributed by atoms with E-state index in [0.29, 0.717) is 21.5 Å². The Hall–Kier alpha value is -2.00. The van der Waals surface area contributed by atoms with Crippen molar-refractivity contribution in [2.24, 2.45) is 0 Å². The molecular formula is C12H10BrNO4.